The Bertz CT molecular complexity index is 1560. The molecule has 2 aromatic carbocycles. The number of anilines is 2. The fourth-order valence-electron chi connectivity index (χ4n) is 4.68. The molecule has 3 unspecified atom stereocenters. The number of hydrogen-bond acceptors (Lipinski definition) is 7. The fourth-order valence-corrected chi connectivity index (χ4v) is 4.68. The highest BCUT2D eigenvalue weighted by atomic mass is 16.4. The van der Waals surface area contributed by atoms with Crippen molar-refractivity contribution in [1.82, 2.24) is 16.0 Å². The van der Waals surface area contributed by atoms with Crippen molar-refractivity contribution in [3.05, 3.63) is 72.3 Å². The van der Waals surface area contributed by atoms with Crippen molar-refractivity contribution in [3.8, 4) is 6.19 Å². The van der Waals surface area contributed by atoms with Crippen LogP contribution in [0, 0.1) is 22.8 Å². The van der Waals surface area contributed by atoms with E-state index in [-0.39, 0.29) is 49.4 Å². The highest BCUT2D eigenvalue weighted by Crippen LogP contribution is 2.18. The van der Waals surface area contributed by atoms with Crippen molar-refractivity contribution in [2.24, 2.45) is 16.3 Å². The highest BCUT2D eigenvalue weighted by molar-refractivity contribution is 6.04. The monoisotopic (exact) mass is 689 g/mol. The van der Waals surface area contributed by atoms with Crippen LogP contribution < -0.4 is 26.6 Å². The summed E-state index contributed by atoms with van der Waals surface area (Å²) in [5, 5.41) is 42.0. The lowest BCUT2D eigenvalue weighted by Crippen LogP contribution is -2.52. The molecule has 7 N–H and O–H groups in total. The molecule has 50 heavy (non-hydrogen) atoms. The van der Waals surface area contributed by atoms with Crippen LogP contribution in [0.1, 0.15) is 65.9 Å². The molecule has 14 nitrogen and oxygen atoms in total. The van der Waals surface area contributed by atoms with Crippen LogP contribution in [-0.4, -0.2) is 64.0 Å². The third-order valence-corrected chi connectivity index (χ3v) is 6.99. The first-order chi connectivity index (χ1) is 23.6. The summed E-state index contributed by atoms with van der Waals surface area (Å²) in [6, 6.07) is 12.5. The van der Waals surface area contributed by atoms with Gasteiger partial charge in [-0.15, -0.1) is 4.99 Å². The molecule has 0 spiro atoms. The fraction of sp³-hybridized carbons (Fsp3) is 0.417. The number of amides is 3. The Hall–Kier alpha value is -5.71. The van der Waals surface area contributed by atoms with E-state index < -0.39 is 47.8 Å². The molecule has 0 saturated carbocycles. The summed E-state index contributed by atoms with van der Waals surface area (Å²) in [5.41, 5.74) is 1.67. The summed E-state index contributed by atoms with van der Waals surface area (Å²) in [5.74, 6) is -3.84. The topological polar surface area (TPSA) is 222 Å². The molecule has 0 aliphatic carbocycles. The Labute approximate surface area is 292 Å². The number of nitrogens with zero attached hydrogens (tertiary/aromatic N) is 2. The normalized spacial score (nSPS) is 13.4. The summed E-state index contributed by atoms with van der Waals surface area (Å²) in [7, 11) is 0. The van der Waals surface area contributed by atoms with E-state index in [1.54, 1.807) is 30.5 Å². The largest absolute Gasteiger partial charge is 0.480 e. The lowest BCUT2D eigenvalue weighted by Gasteiger charge is -2.22. The minimum atomic E-state index is -1.34. The van der Waals surface area contributed by atoms with Crippen LogP contribution >= 0.6 is 0 Å². The third kappa shape index (κ3) is 15.9. The van der Waals surface area contributed by atoms with Gasteiger partial charge in [0.15, 0.2) is 0 Å². The van der Waals surface area contributed by atoms with Gasteiger partial charge in [0.25, 0.3) is 0 Å². The molecule has 3 amide bonds. The Morgan fingerprint density at radius 3 is 1.80 bits per heavy atom. The minimum absolute atomic E-state index is 0.00482. The maximum Gasteiger partial charge on any atom is 0.326 e. The quantitative estimate of drug-likeness (QED) is 0.0547. The summed E-state index contributed by atoms with van der Waals surface area (Å²) in [6.45, 7) is 9.30. The standard InChI is InChI=1S/C36H47N7O7/c1-23(2)19-29(32(46)43-28(34(49)50)14-10-9-13-27(33(47)48)41-31(45)21-36(3,4)5)42-30(44)20-24-15-17-26(18-16-24)40-35(38-22-37)39-25-11-7-6-8-12-25/h6-12,15-18,23,27-29H,13-14,19-21H2,1-5H3,(H,41,45)(H,42,44)(H,43,46)(H,47,48)(H,49,50)(H2,38,39,40). The van der Waals surface area contributed by atoms with Crippen molar-refractivity contribution in [2.45, 2.75) is 84.8 Å². The molecule has 0 aliphatic heterocycles. The average molecular weight is 690 g/mol. The number of guanidine groups is 1. The van der Waals surface area contributed by atoms with Crippen molar-refractivity contribution in [1.29, 1.82) is 5.26 Å². The van der Waals surface area contributed by atoms with Crippen LogP contribution in [0.2, 0.25) is 0 Å². The van der Waals surface area contributed by atoms with Crippen LogP contribution in [0.4, 0.5) is 11.4 Å². The van der Waals surface area contributed by atoms with Gasteiger partial charge in [0.1, 0.15) is 18.1 Å². The maximum atomic E-state index is 13.2. The lowest BCUT2D eigenvalue weighted by atomic mass is 9.92. The van der Waals surface area contributed by atoms with Crippen molar-refractivity contribution < 1.29 is 34.2 Å². The zero-order valence-corrected chi connectivity index (χ0v) is 29.0. The molecule has 3 atom stereocenters. The van der Waals surface area contributed by atoms with E-state index in [9.17, 15) is 34.2 Å². The highest BCUT2D eigenvalue weighted by Gasteiger charge is 2.27. The van der Waals surface area contributed by atoms with Gasteiger partial charge in [-0.3, -0.25) is 14.4 Å². The molecule has 268 valence electrons. The van der Waals surface area contributed by atoms with Gasteiger partial charge >= 0.3 is 11.9 Å². The molecule has 14 heteroatoms. The average Bonchev–Trinajstić information content (AvgIpc) is 3.01. The molecule has 0 aliphatic rings. The summed E-state index contributed by atoms with van der Waals surface area (Å²) < 4.78 is 0. The number of benzene rings is 2. The molecule has 2 rings (SSSR count). The zero-order valence-electron chi connectivity index (χ0n) is 29.0. The van der Waals surface area contributed by atoms with Crippen LogP contribution in [0.5, 0.6) is 0 Å². The van der Waals surface area contributed by atoms with Gasteiger partial charge in [-0.2, -0.15) is 5.26 Å². The second kappa shape index (κ2) is 20.0. The number of rotatable bonds is 17. The van der Waals surface area contributed by atoms with Crippen LogP contribution in [0.15, 0.2) is 71.7 Å². The second-order valence-electron chi connectivity index (χ2n) is 13.3. The van der Waals surface area contributed by atoms with Crippen LogP contribution in [-0.2, 0) is 30.4 Å². The number of carboxylic acid groups (broad SMARTS) is 2. The van der Waals surface area contributed by atoms with Crippen LogP contribution in [0.3, 0.4) is 0 Å². The number of carbonyl (C=O) groups excluding carboxylic acids is 3. The minimum Gasteiger partial charge on any atom is -0.480 e. The molecule has 0 radical (unpaired) electrons. The van der Waals surface area contributed by atoms with E-state index in [2.05, 4.69) is 31.6 Å². The molecule has 0 saturated heterocycles. The first-order valence-electron chi connectivity index (χ1n) is 16.2. The number of aliphatic carboxylic acids is 2. The van der Waals surface area contributed by atoms with E-state index in [1.165, 1.54) is 12.2 Å². The van der Waals surface area contributed by atoms with Gasteiger partial charge in [-0.05, 0) is 60.4 Å². The van der Waals surface area contributed by atoms with Crippen LogP contribution in [0.25, 0.3) is 0 Å². The smallest absolute Gasteiger partial charge is 0.326 e. The number of nitriles is 1. The van der Waals surface area contributed by atoms with E-state index in [1.807, 2.05) is 65.0 Å². The number of carboxylic acids is 2. The molecule has 0 aromatic heterocycles. The molecule has 0 fully saturated rings. The van der Waals surface area contributed by atoms with E-state index in [4.69, 9.17) is 5.26 Å². The molecular formula is C36H47N7O7. The molecular weight excluding hydrogens is 642 g/mol. The van der Waals surface area contributed by atoms with Gasteiger partial charge in [0.05, 0.1) is 6.42 Å². The van der Waals surface area contributed by atoms with E-state index in [0.29, 0.717) is 11.3 Å². The van der Waals surface area contributed by atoms with Gasteiger partial charge in [-0.25, -0.2) is 9.59 Å². The Balaban J connectivity index is 1.99. The first-order valence-corrected chi connectivity index (χ1v) is 16.2. The van der Waals surface area contributed by atoms with Gasteiger partial charge < -0.3 is 36.8 Å². The maximum absolute atomic E-state index is 13.2. The Morgan fingerprint density at radius 2 is 1.30 bits per heavy atom. The number of hydrogen-bond donors (Lipinski definition) is 7. The van der Waals surface area contributed by atoms with Crippen molar-refractivity contribution in [2.75, 3.05) is 10.6 Å². The summed E-state index contributed by atoms with van der Waals surface area (Å²) >= 11 is 0. The van der Waals surface area contributed by atoms with E-state index >= 15 is 0 Å². The van der Waals surface area contributed by atoms with Crippen molar-refractivity contribution >= 4 is 47.0 Å². The number of para-hydroxylation sites is 1. The Kier molecular flexibility index (Phi) is 16.1. The van der Waals surface area contributed by atoms with Gasteiger partial charge in [0.2, 0.25) is 29.9 Å². The SMILES string of the molecule is CC(C)CC(NC(=O)Cc1ccc(NC(=NC#N)Nc2ccccc2)cc1)C(=O)NC(CC=CCC(NC(=O)CC(C)(C)C)C(=O)O)C(=O)O. The number of nitrogens with one attached hydrogen (secondary N) is 5. The molecule has 0 heterocycles. The van der Waals surface area contributed by atoms with E-state index in [0.717, 1.165) is 5.69 Å². The summed E-state index contributed by atoms with van der Waals surface area (Å²) in [4.78, 5) is 65.7. The number of aliphatic imine (C=N–C) groups is 1. The van der Waals surface area contributed by atoms with Gasteiger partial charge in [-0.1, -0.05) is 77.1 Å². The summed E-state index contributed by atoms with van der Waals surface area (Å²) in [6.07, 6.45) is 4.75. The zero-order chi connectivity index (χ0) is 37.3. The third-order valence-electron chi connectivity index (χ3n) is 6.99. The van der Waals surface area contributed by atoms with Gasteiger partial charge in [0, 0.05) is 17.8 Å². The number of carbonyl (C=O) groups is 5. The lowest BCUT2D eigenvalue weighted by molar-refractivity contribution is -0.142. The second-order valence-corrected chi connectivity index (χ2v) is 13.3. The molecule has 0 bridgehead atoms. The predicted molar refractivity (Wildman–Crippen MR) is 190 cm³/mol. The Morgan fingerprint density at radius 1 is 0.780 bits per heavy atom. The first kappa shape index (κ1) is 40.5. The predicted octanol–water partition coefficient (Wildman–Crippen LogP) is 4.03. The van der Waals surface area contributed by atoms with Crippen molar-refractivity contribution in [3.63, 3.8) is 0 Å². The molecule has 2 aromatic rings.